The first-order valence-corrected chi connectivity index (χ1v) is 11.0. The van der Waals surface area contributed by atoms with Crippen molar-refractivity contribution < 1.29 is 13.2 Å². The molecule has 1 saturated heterocycles. The smallest absolute Gasteiger partial charge is 0.257 e. The second-order valence-electron chi connectivity index (χ2n) is 6.96. The lowest BCUT2D eigenvalue weighted by atomic mass is 10.1. The van der Waals surface area contributed by atoms with Gasteiger partial charge in [0.2, 0.25) is 5.95 Å². The molecule has 4 rings (SSSR count). The summed E-state index contributed by atoms with van der Waals surface area (Å²) >= 11 is 6.04. The molecule has 1 aromatic heterocycles. The second-order valence-corrected chi connectivity index (χ2v) is 9.55. The van der Waals surface area contributed by atoms with E-state index >= 15 is 0 Å². The zero-order valence-electron chi connectivity index (χ0n) is 14.6. The third-order valence-corrected chi connectivity index (χ3v) is 6.71. The Morgan fingerprint density at radius 2 is 1.93 bits per heavy atom. The van der Waals surface area contributed by atoms with Crippen LogP contribution in [0.15, 0.2) is 30.6 Å². The minimum atomic E-state index is -3.20. The van der Waals surface area contributed by atoms with E-state index in [9.17, 15) is 13.2 Å². The molecular formula is C18H19ClN4O3S. The zero-order valence-corrected chi connectivity index (χ0v) is 16.1. The van der Waals surface area contributed by atoms with Crippen molar-refractivity contribution >= 4 is 33.3 Å². The number of sulfone groups is 1. The van der Waals surface area contributed by atoms with Gasteiger partial charge in [-0.3, -0.25) is 4.79 Å². The quantitative estimate of drug-likeness (QED) is 0.837. The van der Waals surface area contributed by atoms with Gasteiger partial charge in [0.15, 0.2) is 9.84 Å². The van der Waals surface area contributed by atoms with Gasteiger partial charge in [-0.2, -0.15) is 0 Å². The average molecular weight is 407 g/mol. The van der Waals surface area contributed by atoms with Crippen molar-refractivity contribution in [1.82, 2.24) is 14.9 Å². The van der Waals surface area contributed by atoms with Gasteiger partial charge in [0.25, 0.3) is 5.91 Å². The molecule has 1 amide bonds. The Hall–Kier alpha value is -2.19. The van der Waals surface area contributed by atoms with Crippen LogP contribution >= 0.6 is 11.6 Å². The maximum atomic E-state index is 12.5. The van der Waals surface area contributed by atoms with E-state index in [-0.39, 0.29) is 23.6 Å². The lowest BCUT2D eigenvalue weighted by Crippen LogP contribution is -2.41. The highest BCUT2D eigenvalue weighted by Gasteiger charge is 2.27. The van der Waals surface area contributed by atoms with Crippen LogP contribution in [0.2, 0.25) is 5.02 Å². The number of nitrogens with one attached hydrogen (secondary N) is 1. The van der Waals surface area contributed by atoms with Gasteiger partial charge < -0.3 is 10.2 Å². The van der Waals surface area contributed by atoms with E-state index in [0.29, 0.717) is 24.5 Å². The molecule has 1 aliphatic carbocycles. The number of carbonyl (C=O) groups excluding carboxylic acids is 1. The number of nitrogens with zero attached hydrogens (tertiary/aromatic N) is 3. The molecular weight excluding hydrogens is 388 g/mol. The molecule has 2 aromatic rings. The minimum absolute atomic E-state index is 0.130. The van der Waals surface area contributed by atoms with Crippen molar-refractivity contribution in [3.05, 3.63) is 52.3 Å². The first-order valence-electron chi connectivity index (χ1n) is 8.75. The monoisotopic (exact) mass is 406 g/mol. The van der Waals surface area contributed by atoms with Crippen LogP contribution in [0.25, 0.3) is 0 Å². The Bertz CT molecular complexity index is 979. The van der Waals surface area contributed by atoms with Gasteiger partial charge in [-0.25, -0.2) is 18.4 Å². The first kappa shape index (κ1) is 18.2. The molecule has 142 valence electrons. The van der Waals surface area contributed by atoms with E-state index in [1.807, 2.05) is 18.2 Å². The summed E-state index contributed by atoms with van der Waals surface area (Å²) < 4.78 is 23.4. The Morgan fingerprint density at radius 3 is 2.67 bits per heavy atom. The number of rotatable bonds is 3. The largest absolute Gasteiger partial charge is 0.351 e. The number of carbonyl (C=O) groups is 1. The predicted molar refractivity (Wildman–Crippen MR) is 103 cm³/mol. The van der Waals surface area contributed by atoms with Crippen LogP contribution in [0.5, 0.6) is 0 Å². The molecule has 0 spiro atoms. The van der Waals surface area contributed by atoms with Crippen LogP contribution in [0.3, 0.4) is 0 Å². The van der Waals surface area contributed by atoms with Crippen molar-refractivity contribution in [2.45, 2.75) is 25.3 Å². The summed E-state index contributed by atoms with van der Waals surface area (Å²) in [6.07, 6.45) is 5.05. The van der Waals surface area contributed by atoms with Crippen LogP contribution in [0.4, 0.5) is 5.95 Å². The summed E-state index contributed by atoms with van der Waals surface area (Å²) in [5.41, 5.74) is 2.77. The summed E-state index contributed by atoms with van der Waals surface area (Å²) in [4.78, 5) is 22.3. The van der Waals surface area contributed by atoms with Gasteiger partial charge in [-0.1, -0.05) is 17.7 Å². The van der Waals surface area contributed by atoms with Crippen LogP contribution in [-0.4, -0.2) is 53.4 Å². The molecule has 1 unspecified atom stereocenters. The normalized spacial score (nSPS) is 20.9. The molecule has 0 saturated carbocycles. The van der Waals surface area contributed by atoms with Gasteiger partial charge in [0.05, 0.1) is 11.3 Å². The fourth-order valence-electron chi connectivity index (χ4n) is 3.57. The number of benzene rings is 1. The number of hydrogen-bond acceptors (Lipinski definition) is 6. The van der Waals surface area contributed by atoms with E-state index in [2.05, 4.69) is 15.3 Å². The first-order chi connectivity index (χ1) is 12.9. The average Bonchev–Trinajstić information content (AvgIpc) is 3.02. The maximum Gasteiger partial charge on any atom is 0.257 e. The number of anilines is 1. The molecule has 1 aromatic carbocycles. The Kier molecular flexibility index (Phi) is 4.77. The van der Waals surface area contributed by atoms with Gasteiger partial charge in [0, 0.05) is 30.0 Å². The van der Waals surface area contributed by atoms with Crippen LogP contribution in [-0.2, 0) is 22.7 Å². The third kappa shape index (κ3) is 4.06. The Balaban J connectivity index is 1.40. The van der Waals surface area contributed by atoms with Crippen molar-refractivity contribution in [2.24, 2.45) is 0 Å². The summed E-state index contributed by atoms with van der Waals surface area (Å²) in [6.45, 7) is 0.432. The predicted octanol–water partition coefficient (Wildman–Crippen LogP) is 1.93. The molecule has 1 aliphatic heterocycles. The fourth-order valence-corrected chi connectivity index (χ4v) is 5.18. The van der Waals surface area contributed by atoms with Gasteiger partial charge in [-0.05, 0) is 42.5 Å². The molecule has 1 fully saturated rings. The van der Waals surface area contributed by atoms with Crippen molar-refractivity contribution in [3.8, 4) is 0 Å². The highest BCUT2D eigenvalue weighted by atomic mass is 35.5. The lowest BCUT2D eigenvalue weighted by Gasteiger charge is -2.26. The Labute approximate surface area is 162 Å². The lowest BCUT2D eigenvalue weighted by molar-refractivity contribution is 0.0776. The second kappa shape index (κ2) is 7.09. The summed E-state index contributed by atoms with van der Waals surface area (Å²) in [5.74, 6) is -0.0192. The number of hydrogen-bond donors (Lipinski definition) is 1. The van der Waals surface area contributed by atoms with E-state index in [0.717, 1.165) is 17.9 Å². The molecule has 0 radical (unpaired) electrons. The molecule has 27 heavy (non-hydrogen) atoms. The summed E-state index contributed by atoms with van der Waals surface area (Å²) in [5, 5.41) is 4.01. The number of amides is 1. The molecule has 2 aliphatic rings. The highest BCUT2D eigenvalue weighted by Crippen LogP contribution is 2.26. The highest BCUT2D eigenvalue weighted by molar-refractivity contribution is 7.91. The topological polar surface area (TPSA) is 92.3 Å². The molecule has 2 heterocycles. The van der Waals surface area contributed by atoms with Crippen LogP contribution in [0, 0.1) is 0 Å². The minimum Gasteiger partial charge on any atom is -0.351 e. The van der Waals surface area contributed by atoms with Gasteiger partial charge >= 0.3 is 0 Å². The standard InChI is InChI=1S/C18H19ClN4O3S/c19-15-3-2-12-7-16(8-13(12)6-15)22-18-20-9-14(10-21-18)17(24)23-4-1-5-27(25,26)11-23/h2-3,6,9-10,16H,1,4-5,7-8,11H2,(H,20,21,22). The van der Waals surface area contributed by atoms with Gasteiger partial charge in [0.1, 0.15) is 5.88 Å². The third-order valence-electron chi connectivity index (χ3n) is 4.86. The molecule has 1 N–H and O–H groups in total. The van der Waals surface area contributed by atoms with Crippen molar-refractivity contribution in [3.63, 3.8) is 0 Å². The molecule has 1 atom stereocenters. The van der Waals surface area contributed by atoms with Crippen molar-refractivity contribution in [1.29, 1.82) is 0 Å². The molecule has 7 nitrogen and oxygen atoms in total. The van der Waals surface area contributed by atoms with Crippen LogP contribution in [0.1, 0.15) is 27.9 Å². The number of aromatic nitrogens is 2. The van der Waals surface area contributed by atoms with Crippen LogP contribution < -0.4 is 5.32 Å². The SMILES string of the molecule is O=C(c1cnc(NC2Cc3ccc(Cl)cc3C2)nc1)N1CCCS(=O)(=O)C1. The van der Waals surface area contributed by atoms with E-state index in [1.165, 1.54) is 28.4 Å². The Morgan fingerprint density at radius 1 is 1.19 bits per heavy atom. The summed E-state index contributed by atoms with van der Waals surface area (Å²) in [7, 11) is -3.20. The maximum absolute atomic E-state index is 12.5. The molecule has 0 bridgehead atoms. The number of fused-ring (bicyclic) bond motifs is 1. The number of halogens is 1. The molecule has 9 heteroatoms. The fraction of sp³-hybridized carbons (Fsp3) is 0.389. The van der Waals surface area contributed by atoms with E-state index < -0.39 is 9.84 Å². The zero-order chi connectivity index (χ0) is 19.0. The summed E-state index contributed by atoms with van der Waals surface area (Å²) in [6, 6.07) is 6.08. The van der Waals surface area contributed by atoms with E-state index in [4.69, 9.17) is 11.6 Å². The van der Waals surface area contributed by atoms with E-state index in [1.54, 1.807) is 0 Å². The van der Waals surface area contributed by atoms with Gasteiger partial charge in [-0.15, -0.1) is 0 Å². The van der Waals surface area contributed by atoms with Crippen molar-refractivity contribution in [2.75, 3.05) is 23.5 Å².